The number of ketones is 1. The van der Waals surface area contributed by atoms with E-state index in [0.29, 0.717) is 5.78 Å². The largest absolute Gasteiger partial charge is 0.294 e. The normalized spacial score (nSPS) is 16.3. The second-order valence-corrected chi connectivity index (χ2v) is 5.66. The van der Waals surface area contributed by atoms with Gasteiger partial charge in [0, 0.05) is 16.9 Å². The van der Waals surface area contributed by atoms with Crippen molar-refractivity contribution in [3.8, 4) is 0 Å². The maximum Gasteiger partial charge on any atom is 0.164 e. The highest BCUT2D eigenvalue weighted by molar-refractivity contribution is 7.98. The highest BCUT2D eigenvalue weighted by atomic mass is 32.2. The first-order chi connectivity index (χ1) is 8.31. The number of benzene rings is 1. The molecule has 0 aliphatic heterocycles. The van der Waals surface area contributed by atoms with Crippen LogP contribution in [0, 0.1) is 5.92 Å². The van der Waals surface area contributed by atoms with E-state index in [1.807, 2.05) is 30.5 Å². The quantitative estimate of drug-likeness (QED) is 0.561. The fraction of sp³-hybridized carbons (Fsp3) is 0.533. The van der Waals surface area contributed by atoms with Gasteiger partial charge in [0.2, 0.25) is 0 Å². The van der Waals surface area contributed by atoms with Crippen molar-refractivity contribution in [1.29, 1.82) is 0 Å². The third-order valence-corrected chi connectivity index (χ3v) is 4.46. The van der Waals surface area contributed by atoms with Crippen LogP contribution in [0.5, 0.6) is 0 Å². The fourth-order valence-electron chi connectivity index (χ4n) is 2.64. The van der Waals surface area contributed by atoms with Crippen molar-refractivity contribution in [2.45, 2.75) is 43.4 Å². The van der Waals surface area contributed by atoms with Gasteiger partial charge in [0.05, 0.1) is 0 Å². The van der Waals surface area contributed by atoms with E-state index in [2.05, 4.69) is 0 Å². The number of hydrogen-bond donors (Lipinski definition) is 0. The molecule has 0 radical (unpaired) electrons. The predicted octanol–water partition coefficient (Wildman–Crippen LogP) is 4.56. The summed E-state index contributed by atoms with van der Waals surface area (Å²) in [5.41, 5.74) is 0.915. The summed E-state index contributed by atoms with van der Waals surface area (Å²) in [6.45, 7) is 0. The molecule has 0 aromatic heterocycles. The molecule has 2 heteroatoms. The summed E-state index contributed by atoms with van der Waals surface area (Å²) >= 11 is 1.66. The smallest absolute Gasteiger partial charge is 0.164 e. The number of carbonyl (C=O) groups is 1. The molecule has 17 heavy (non-hydrogen) atoms. The van der Waals surface area contributed by atoms with Crippen LogP contribution in [0.15, 0.2) is 29.2 Å². The van der Waals surface area contributed by atoms with Gasteiger partial charge in [-0.1, -0.05) is 43.9 Å². The lowest BCUT2D eigenvalue weighted by molar-refractivity contribution is 0.0971. The number of rotatable bonds is 5. The van der Waals surface area contributed by atoms with Gasteiger partial charge in [-0.05, 0) is 24.7 Å². The Morgan fingerprint density at radius 3 is 2.71 bits per heavy atom. The zero-order chi connectivity index (χ0) is 12.1. The van der Waals surface area contributed by atoms with Gasteiger partial charge in [0.15, 0.2) is 5.78 Å². The van der Waals surface area contributed by atoms with Gasteiger partial charge in [-0.2, -0.15) is 0 Å². The third kappa shape index (κ3) is 3.35. The molecule has 0 heterocycles. The Labute approximate surface area is 108 Å². The van der Waals surface area contributed by atoms with Crippen LogP contribution in [-0.4, -0.2) is 12.0 Å². The molecule has 1 nitrogen and oxygen atoms in total. The molecule has 1 saturated carbocycles. The summed E-state index contributed by atoms with van der Waals surface area (Å²) < 4.78 is 0. The Morgan fingerprint density at radius 1 is 1.29 bits per heavy atom. The maximum absolute atomic E-state index is 12.2. The summed E-state index contributed by atoms with van der Waals surface area (Å²) in [4.78, 5) is 13.3. The topological polar surface area (TPSA) is 17.1 Å². The number of hydrogen-bond acceptors (Lipinski definition) is 2. The van der Waals surface area contributed by atoms with E-state index in [1.54, 1.807) is 11.8 Å². The number of Topliss-reactive ketones (excluding diaryl/α,β-unsaturated/α-hetero) is 1. The molecule has 0 bridgehead atoms. The first-order valence-electron chi connectivity index (χ1n) is 6.47. The van der Waals surface area contributed by atoms with E-state index < -0.39 is 0 Å². The maximum atomic E-state index is 12.2. The van der Waals surface area contributed by atoms with Crippen LogP contribution in [-0.2, 0) is 0 Å². The molecule has 92 valence electrons. The first kappa shape index (κ1) is 12.7. The van der Waals surface area contributed by atoms with Gasteiger partial charge in [-0.15, -0.1) is 11.8 Å². The summed E-state index contributed by atoms with van der Waals surface area (Å²) in [5, 5.41) is 0. The van der Waals surface area contributed by atoms with Crippen molar-refractivity contribution < 1.29 is 4.79 Å². The molecular weight excluding hydrogens is 228 g/mol. The lowest BCUT2D eigenvalue weighted by atomic mass is 9.97. The van der Waals surface area contributed by atoms with Crippen molar-refractivity contribution in [3.05, 3.63) is 29.8 Å². The van der Waals surface area contributed by atoms with E-state index in [4.69, 9.17) is 0 Å². The Hall–Kier alpha value is -0.760. The highest BCUT2D eigenvalue weighted by Gasteiger charge is 2.17. The lowest BCUT2D eigenvalue weighted by Crippen LogP contribution is -2.04. The molecular formula is C15H20OS. The molecule has 1 fully saturated rings. The minimum Gasteiger partial charge on any atom is -0.294 e. The van der Waals surface area contributed by atoms with Crippen LogP contribution in [0.1, 0.15) is 48.9 Å². The van der Waals surface area contributed by atoms with Gasteiger partial charge < -0.3 is 0 Å². The Morgan fingerprint density at radius 2 is 2.00 bits per heavy atom. The van der Waals surface area contributed by atoms with Gasteiger partial charge in [0.1, 0.15) is 0 Å². The van der Waals surface area contributed by atoms with Crippen molar-refractivity contribution in [3.63, 3.8) is 0 Å². The first-order valence-corrected chi connectivity index (χ1v) is 7.70. The molecule has 0 N–H and O–H groups in total. The summed E-state index contributed by atoms with van der Waals surface area (Å²) in [6, 6.07) is 7.96. The lowest BCUT2D eigenvalue weighted by Gasteiger charge is -2.09. The van der Waals surface area contributed by atoms with E-state index in [9.17, 15) is 4.79 Å². The molecule has 2 rings (SSSR count). The van der Waals surface area contributed by atoms with Crippen LogP contribution in [0.25, 0.3) is 0 Å². The molecule has 0 amide bonds. The number of carbonyl (C=O) groups excluding carboxylic acids is 1. The number of thioether (sulfide) groups is 1. The Kier molecular flexibility index (Phi) is 4.66. The molecule has 0 atom stereocenters. The minimum absolute atomic E-state index is 0.321. The van der Waals surface area contributed by atoms with Crippen LogP contribution >= 0.6 is 11.8 Å². The van der Waals surface area contributed by atoms with E-state index in [1.165, 1.54) is 25.7 Å². The van der Waals surface area contributed by atoms with E-state index in [-0.39, 0.29) is 0 Å². The van der Waals surface area contributed by atoms with E-state index in [0.717, 1.165) is 29.2 Å². The van der Waals surface area contributed by atoms with Crippen molar-refractivity contribution in [1.82, 2.24) is 0 Å². The molecule has 0 unspecified atom stereocenters. The van der Waals surface area contributed by atoms with Crippen molar-refractivity contribution >= 4 is 17.5 Å². The van der Waals surface area contributed by atoms with E-state index >= 15 is 0 Å². The SMILES string of the molecule is CSc1ccccc1C(=O)CCC1CCCC1. The zero-order valence-electron chi connectivity index (χ0n) is 10.4. The zero-order valence-corrected chi connectivity index (χ0v) is 11.3. The summed E-state index contributed by atoms with van der Waals surface area (Å²) in [7, 11) is 0. The van der Waals surface area contributed by atoms with Gasteiger partial charge in [-0.25, -0.2) is 0 Å². The van der Waals surface area contributed by atoms with Gasteiger partial charge in [0.25, 0.3) is 0 Å². The monoisotopic (exact) mass is 248 g/mol. The molecule has 1 aliphatic carbocycles. The van der Waals surface area contributed by atoms with Crippen LogP contribution in [0.3, 0.4) is 0 Å². The molecule has 1 aromatic rings. The second-order valence-electron chi connectivity index (χ2n) is 4.81. The van der Waals surface area contributed by atoms with Crippen molar-refractivity contribution in [2.24, 2.45) is 5.92 Å². The summed E-state index contributed by atoms with van der Waals surface area (Å²) in [6.07, 6.45) is 9.22. The predicted molar refractivity (Wildman–Crippen MR) is 73.7 cm³/mol. The third-order valence-electron chi connectivity index (χ3n) is 3.66. The Bertz CT molecular complexity index is 380. The molecule has 1 aliphatic rings. The highest BCUT2D eigenvalue weighted by Crippen LogP contribution is 2.30. The Balaban J connectivity index is 1.94. The second kappa shape index (κ2) is 6.25. The van der Waals surface area contributed by atoms with Crippen LogP contribution in [0.4, 0.5) is 0 Å². The van der Waals surface area contributed by atoms with Crippen molar-refractivity contribution in [2.75, 3.05) is 6.26 Å². The summed E-state index contributed by atoms with van der Waals surface area (Å²) in [5.74, 6) is 1.13. The average Bonchev–Trinajstić information content (AvgIpc) is 2.89. The molecule has 0 spiro atoms. The molecule has 0 saturated heterocycles. The standard InChI is InChI=1S/C15H20OS/c1-17-15-9-5-4-8-13(15)14(16)11-10-12-6-2-3-7-12/h4-5,8-9,12H,2-3,6-7,10-11H2,1H3. The average molecular weight is 248 g/mol. The van der Waals surface area contributed by atoms with Gasteiger partial charge >= 0.3 is 0 Å². The van der Waals surface area contributed by atoms with Crippen LogP contribution < -0.4 is 0 Å². The van der Waals surface area contributed by atoms with Gasteiger partial charge in [-0.3, -0.25) is 4.79 Å². The minimum atomic E-state index is 0.321. The van der Waals surface area contributed by atoms with Crippen LogP contribution in [0.2, 0.25) is 0 Å². The molecule has 1 aromatic carbocycles. The fourth-order valence-corrected chi connectivity index (χ4v) is 3.26.